The standard InChI is InChI=1S/C14H16O5/c1-16-12-7-5-9(15)10(7)13(17-2)11-8(12)6-14(11,18-3)19-4/h5-6H2,1-4H3. The van der Waals surface area contributed by atoms with E-state index in [1.165, 1.54) is 0 Å². The van der Waals surface area contributed by atoms with Crippen LogP contribution >= 0.6 is 0 Å². The van der Waals surface area contributed by atoms with Crippen molar-refractivity contribution in [2.24, 2.45) is 0 Å². The Labute approximate surface area is 111 Å². The molecule has 1 aromatic carbocycles. The molecule has 0 aromatic heterocycles. The van der Waals surface area contributed by atoms with Crippen molar-refractivity contribution in [2.45, 2.75) is 18.6 Å². The molecule has 102 valence electrons. The number of ketones is 1. The van der Waals surface area contributed by atoms with Crippen LogP contribution in [-0.4, -0.2) is 34.2 Å². The molecular formula is C14H16O5. The van der Waals surface area contributed by atoms with Crippen LogP contribution in [0.3, 0.4) is 0 Å². The van der Waals surface area contributed by atoms with Crippen molar-refractivity contribution in [3.63, 3.8) is 0 Å². The van der Waals surface area contributed by atoms with Gasteiger partial charge in [0.2, 0.25) is 5.79 Å². The minimum absolute atomic E-state index is 0.0703. The molecular weight excluding hydrogens is 248 g/mol. The van der Waals surface area contributed by atoms with Crippen LogP contribution in [0.2, 0.25) is 0 Å². The second-order valence-electron chi connectivity index (χ2n) is 4.71. The van der Waals surface area contributed by atoms with E-state index >= 15 is 0 Å². The van der Waals surface area contributed by atoms with E-state index in [0.29, 0.717) is 24.2 Å². The number of carbonyl (C=O) groups excluding carboxylic acids is 1. The van der Waals surface area contributed by atoms with Gasteiger partial charge in [0.05, 0.1) is 25.3 Å². The van der Waals surface area contributed by atoms with E-state index in [2.05, 4.69) is 0 Å². The smallest absolute Gasteiger partial charge is 0.202 e. The Bertz CT molecular complexity index is 572. The maximum Gasteiger partial charge on any atom is 0.202 e. The van der Waals surface area contributed by atoms with Gasteiger partial charge in [-0.25, -0.2) is 0 Å². The lowest BCUT2D eigenvalue weighted by Crippen LogP contribution is -2.44. The fourth-order valence-corrected chi connectivity index (χ4v) is 3.08. The average Bonchev–Trinajstić information content (AvgIpc) is 2.39. The maximum absolute atomic E-state index is 11.8. The summed E-state index contributed by atoms with van der Waals surface area (Å²) in [5.74, 6) is 0.576. The van der Waals surface area contributed by atoms with Crippen LogP contribution < -0.4 is 9.47 Å². The third-order valence-corrected chi connectivity index (χ3v) is 4.08. The van der Waals surface area contributed by atoms with Crippen LogP contribution in [0.4, 0.5) is 0 Å². The minimum Gasteiger partial charge on any atom is -0.496 e. The Morgan fingerprint density at radius 1 is 0.947 bits per heavy atom. The number of hydrogen-bond donors (Lipinski definition) is 0. The largest absolute Gasteiger partial charge is 0.496 e. The lowest BCUT2D eigenvalue weighted by molar-refractivity contribution is -0.232. The third kappa shape index (κ3) is 1.29. The third-order valence-electron chi connectivity index (χ3n) is 4.08. The van der Waals surface area contributed by atoms with Crippen LogP contribution in [0.1, 0.15) is 27.0 Å². The molecule has 2 aliphatic carbocycles. The highest BCUT2D eigenvalue weighted by Crippen LogP contribution is 2.56. The van der Waals surface area contributed by atoms with E-state index in [0.717, 1.165) is 22.4 Å². The van der Waals surface area contributed by atoms with Gasteiger partial charge in [-0.2, -0.15) is 0 Å². The van der Waals surface area contributed by atoms with E-state index in [9.17, 15) is 4.79 Å². The van der Waals surface area contributed by atoms with E-state index in [1.807, 2.05) is 0 Å². The number of fused-ring (bicyclic) bond motifs is 2. The summed E-state index contributed by atoms with van der Waals surface area (Å²) in [5.41, 5.74) is 3.33. The molecule has 0 saturated carbocycles. The van der Waals surface area contributed by atoms with Gasteiger partial charge in [-0.05, 0) is 0 Å². The van der Waals surface area contributed by atoms with E-state index < -0.39 is 5.79 Å². The summed E-state index contributed by atoms with van der Waals surface area (Å²) in [6.45, 7) is 0. The highest BCUT2D eigenvalue weighted by atomic mass is 16.7. The molecule has 2 aliphatic rings. The molecule has 3 rings (SSSR count). The summed E-state index contributed by atoms with van der Waals surface area (Å²) in [7, 11) is 6.34. The first-order valence-corrected chi connectivity index (χ1v) is 6.07. The molecule has 0 aliphatic heterocycles. The minimum atomic E-state index is -0.834. The van der Waals surface area contributed by atoms with E-state index in [4.69, 9.17) is 18.9 Å². The Morgan fingerprint density at radius 3 is 2.05 bits per heavy atom. The molecule has 0 amide bonds. The van der Waals surface area contributed by atoms with Gasteiger partial charge in [0.1, 0.15) is 11.5 Å². The van der Waals surface area contributed by atoms with Gasteiger partial charge in [-0.1, -0.05) is 0 Å². The van der Waals surface area contributed by atoms with Crippen molar-refractivity contribution < 1.29 is 23.7 Å². The quantitative estimate of drug-likeness (QED) is 0.770. The van der Waals surface area contributed by atoms with Gasteiger partial charge in [0, 0.05) is 38.2 Å². The first kappa shape index (κ1) is 12.4. The highest BCUT2D eigenvalue weighted by molar-refractivity contribution is 6.11. The second-order valence-corrected chi connectivity index (χ2v) is 4.71. The summed E-state index contributed by atoms with van der Waals surface area (Å²) in [6, 6.07) is 0. The molecule has 1 aromatic rings. The maximum atomic E-state index is 11.8. The first-order valence-electron chi connectivity index (χ1n) is 6.07. The lowest BCUT2D eigenvalue weighted by atomic mass is 9.72. The van der Waals surface area contributed by atoms with Gasteiger partial charge in [0.15, 0.2) is 5.78 Å². The zero-order valence-electron chi connectivity index (χ0n) is 11.5. The second kappa shape index (κ2) is 3.95. The molecule has 5 heteroatoms. The summed E-state index contributed by atoms with van der Waals surface area (Å²) in [4.78, 5) is 11.8. The van der Waals surface area contributed by atoms with Crippen LogP contribution in [0.15, 0.2) is 0 Å². The Morgan fingerprint density at radius 2 is 1.58 bits per heavy atom. The van der Waals surface area contributed by atoms with Crippen molar-refractivity contribution in [2.75, 3.05) is 28.4 Å². The highest BCUT2D eigenvalue weighted by Gasteiger charge is 2.52. The number of Topliss-reactive ketones (excluding diaryl/α,β-unsaturated/α-hetero) is 1. The first-order chi connectivity index (χ1) is 9.13. The number of hydrogen-bond acceptors (Lipinski definition) is 5. The zero-order chi connectivity index (χ0) is 13.8. The molecule has 0 N–H and O–H groups in total. The number of rotatable bonds is 4. The normalized spacial score (nSPS) is 18.0. The van der Waals surface area contributed by atoms with E-state index in [1.54, 1.807) is 28.4 Å². The van der Waals surface area contributed by atoms with Crippen molar-refractivity contribution in [1.82, 2.24) is 0 Å². The summed E-state index contributed by atoms with van der Waals surface area (Å²) in [5, 5.41) is 0. The molecule has 5 nitrogen and oxygen atoms in total. The van der Waals surface area contributed by atoms with Crippen molar-refractivity contribution in [3.05, 3.63) is 22.3 Å². The number of ether oxygens (including phenoxy) is 4. The van der Waals surface area contributed by atoms with Gasteiger partial charge >= 0.3 is 0 Å². The molecule has 0 saturated heterocycles. The van der Waals surface area contributed by atoms with E-state index in [-0.39, 0.29) is 5.78 Å². The Hall–Kier alpha value is -1.59. The van der Waals surface area contributed by atoms with Crippen molar-refractivity contribution in [1.29, 1.82) is 0 Å². The predicted octanol–water partition coefficient (Wildman–Crippen LogP) is 1.44. The van der Waals surface area contributed by atoms with Gasteiger partial charge < -0.3 is 18.9 Å². The average molecular weight is 264 g/mol. The molecule has 19 heavy (non-hydrogen) atoms. The van der Waals surface area contributed by atoms with Crippen molar-refractivity contribution in [3.8, 4) is 11.5 Å². The molecule has 0 radical (unpaired) electrons. The van der Waals surface area contributed by atoms with Crippen LogP contribution in [0.5, 0.6) is 11.5 Å². The number of methoxy groups -OCH3 is 4. The summed E-state index contributed by atoms with van der Waals surface area (Å²) >= 11 is 0. The Kier molecular flexibility index (Phi) is 2.59. The van der Waals surface area contributed by atoms with Crippen LogP contribution in [0, 0.1) is 0 Å². The molecule has 0 fully saturated rings. The van der Waals surface area contributed by atoms with Crippen molar-refractivity contribution >= 4 is 5.78 Å². The fourth-order valence-electron chi connectivity index (χ4n) is 3.08. The lowest BCUT2D eigenvalue weighted by Gasteiger charge is -2.44. The Balaban J connectivity index is 2.29. The predicted molar refractivity (Wildman–Crippen MR) is 67.0 cm³/mol. The SMILES string of the molecule is COc1c2c(c(OC)c3c1CC3(OC)OC)C(=O)C2. The molecule has 0 heterocycles. The van der Waals surface area contributed by atoms with Crippen LogP contribution in [-0.2, 0) is 28.1 Å². The summed E-state index contributed by atoms with van der Waals surface area (Å²) in [6.07, 6.45) is 1.01. The topological polar surface area (TPSA) is 54.0 Å². The number of benzene rings is 1. The molecule has 0 bridgehead atoms. The molecule has 0 unspecified atom stereocenters. The van der Waals surface area contributed by atoms with Gasteiger partial charge in [-0.3, -0.25) is 4.79 Å². The fraction of sp³-hybridized carbons (Fsp3) is 0.500. The number of carbonyl (C=O) groups is 1. The monoisotopic (exact) mass is 264 g/mol. The van der Waals surface area contributed by atoms with Gasteiger partial charge in [0.25, 0.3) is 0 Å². The zero-order valence-corrected chi connectivity index (χ0v) is 11.5. The van der Waals surface area contributed by atoms with Crippen LogP contribution in [0.25, 0.3) is 0 Å². The molecule has 0 atom stereocenters. The molecule has 0 spiro atoms. The van der Waals surface area contributed by atoms with Gasteiger partial charge in [-0.15, -0.1) is 0 Å². The summed E-state index contributed by atoms with van der Waals surface area (Å²) < 4.78 is 21.8.